The second-order valence-electron chi connectivity index (χ2n) is 4.59. The highest BCUT2D eigenvalue weighted by Crippen LogP contribution is 2.20. The van der Waals surface area contributed by atoms with Crippen LogP contribution in [0.2, 0.25) is 0 Å². The van der Waals surface area contributed by atoms with Crippen LogP contribution in [0.3, 0.4) is 0 Å². The van der Waals surface area contributed by atoms with Crippen molar-refractivity contribution in [3.63, 3.8) is 0 Å². The van der Waals surface area contributed by atoms with Crippen molar-refractivity contribution in [2.24, 2.45) is 0 Å². The molecule has 1 saturated heterocycles. The van der Waals surface area contributed by atoms with Gasteiger partial charge in [-0.15, -0.1) is 0 Å². The van der Waals surface area contributed by atoms with E-state index >= 15 is 0 Å². The zero-order valence-corrected chi connectivity index (χ0v) is 9.58. The lowest BCUT2D eigenvalue weighted by Crippen LogP contribution is -2.21. The molecular weight excluding hydrogens is 188 g/mol. The molecule has 0 spiro atoms. The molecule has 1 aliphatic rings. The van der Waals surface area contributed by atoms with Gasteiger partial charge in [0.15, 0.2) is 5.82 Å². The molecule has 0 amide bonds. The highest BCUT2D eigenvalue weighted by molar-refractivity contribution is 5.00. The predicted octanol–water partition coefficient (Wildman–Crippen LogP) is 2.13. The number of aromatic nitrogens is 3. The molecule has 0 aromatic carbocycles. The van der Waals surface area contributed by atoms with E-state index in [9.17, 15) is 0 Å². The molecule has 1 fully saturated rings. The lowest BCUT2D eigenvalue weighted by molar-refractivity contribution is 0.508. The third-order valence-corrected chi connectivity index (χ3v) is 2.93. The molecule has 1 aromatic heterocycles. The molecule has 2 N–H and O–H groups in total. The first-order valence-corrected chi connectivity index (χ1v) is 5.93. The van der Waals surface area contributed by atoms with Crippen LogP contribution in [0.15, 0.2) is 0 Å². The van der Waals surface area contributed by atoms with Crippen LogP contribution in [0.4, 0.5) is 0 Å². The van der Waals surface area contributed by atoms with Gasteiger partial charge in [-0.25, -0.2) is 4.98 Å². The van der Waals surface area contributed by atoms with Gasteiger partial charge in [-0.2, -0.15) is 5.10 Å². The maximum absolute atomic E-state index is 4.55. The number of hydrogen-bond acceptors (Lipinski definition) is 3. The number of aromatic amines is 1. The number of H-pyrrole nitrogens is 1. The van der Waals surface area contributed by atoms with E-state index < -0.39 is 0 Å². The topological polar surface area (TPSA) is 53.6 Å². The van der Waals surface area contributed by atoms with Gasteiger partial charge >= 0.3 is 0 Å². The second kappa shape index (κ2) is 4.75. The number of rotatable bonds is 2. The molecule has 1 atom stereocenters. The number of hydrogen-bond donors (Lipinski definition) is 2. The lowest BCUT2D eigenvalue weighted by atomic mass is 10.1. The summed E-state index contributed by atoms with van der Waals surface area (Å²) < 4.78 is 0. The lowest BCUT2D eigenvalue weighted by Gasteiger charge is -2.11. The zero-order valence-electron chi connectivity index (χ0n) is 9.58. The summed E-state index contributed by atoms with van der Waals surface area (Å²) in [4.78, 5) is 4.55. The Bertz CT molecular complexity index is 297. The summed E-state index contributed by atoms with van der Waals surface area (Å²) in [6.45, 7) is 5.34. The van der Waals surface area contributed by atoms with Crippen LogP contribution in [-0.2, 0) is 0 Å². The summed E-state index contributed by atoms with van der Waals surface area (Å²) >= 11 is 0. The van der Waals surface area contributed by atoms with Crippen LogP contribution in [0.5, 0.6) is 0 Å². The summed E-state index contributed by atoms with van der Waals surface area (Å²) in [5, 5.41) is 10.8. The van der Waals surface area contributed by atoms with Crippen molar-refractivity contribution < 1.29 is 0 Å². The fraction of sp³-hybridized carbons (Fsp3) is 0.818. The molecule has 0 bridgehead atoms. The van der Waals surface area contributed by atoms with Crippen molar-refractivity contribution in [1.29, 1.82) is 0 Å². The quantitative estimate of drug-likeness (QED) is 0.783. The third kappa shape index (κ3) is 2.56. The van der Waals surface area contributed by atoms with E-state index in [2.05, 4.69) is 34.3 Å². The van der Waals surface area contributed by atoms with E-state index in [1.807, 2.05) is 0 Å². The highest BCUT2D eigenvalue weighted by atomic mass is 15.2. The van der Waals surface area contributed by atoms with Crippen molar-refractivity contribution >= 4 is 0 Å². The maximum Gasteiger partial charge on any atom is 0.153 e. The molecule has 1 unspecified atom stereocenters. The van der Waals surface area contributed by atoms with E-state index in [4.69, 9.17) is 0 Å². The molecule has 0 saturated carbocycles. The Kier molecular flexibility index (Phi) is 3.36. The Balaban J connectivity index is 2.06. The Hall–Kier alpha value is -0.900. The van der Waals surface area contributed by atoms with E-state index in [-0.39, 0.29) is 0 Å². The van der Waals surface area contributed by atoms with Crippen molar-refractivity contribution in [3.05, 3.63) is 11.6 Å². The Labute approximate surface area is 90.9 Å². The minimum absolute atomic E-state index is 0.382. The first kappa shape index (κ1) is 10.6. The molecule has 4 heteroatoms. The van der Waals surface area contributed by atoms with Crippen molar-refractivity contribution in [2.75, 3.05) is 6.54 Å². The van der Waals surface area contributed by atoms with Gasteiger partial charge in [0.1, 0.15) is 5.82 Å². The first-order chi connectivity index (χ1) is 7.27. The van der Waals surface area contributed by atoms with Crippen molar-refractivity contribution in [3.8, 4) is 0 Å². The van der Waals surface area contributed by atoms with Crippen LogP contribution in [0, 0.1) is 0 Å². The highest BCUT2D eigenvalue weighted by Gasteiger charge is 2.18. The molecule has 1 aliphatic heterocycles. The summed E-state index contributed by atoms with van der Waals surface area (Å²) in [5.41, 5.74) is 0. The van der Waals surface area contributed by atoms with Crippen LogP contribution in [0.25, 0.3) is 0 Å². The van der Waals surface area contributed by atoms with E-state index in [1.165, 1.54) is 25.7 Å². The van der Waals surface area contributed by atoms with Gasteiger partial charge in [-0.1, -0.05) is 26.7 Å². The molecular formula is C11H20N4. The minimum atomic E-state index is 0.382. The van der Waals surface area contributed by atoms with Crippen LogP contribution < -0.4 is 5.32 Å². The first-order valence-electron chi connectivity index (χ1n) is 5.93. The zero-order chi connectivity index (χ0) is 10.7. The molecule has 1 aromatic rings. The van der Waals surface area contributed by atoms with E-state index in [1.54, 1.807) is 0 Å². The Morgan fingerprint density at radius 3 is 2.87 bits per heavy atom. The Morgan fingerprint density at radius 1 is 1.27 bits per heavy atom. The molecule has 0 radical (unpaired) electrons. The van der Waals surface area contributed by atoms with Crippen LogP contribution in [0.1, 0.15) is 63.1 Å². The van der Waals surface area contributed by atoms with Crippen LogP contribution in [-0.4, -0.2) is 21.7 Å². The largest absolute Gasteiger partial charge is 0.307 e. The SMILES string of the molecule is CC(C)c1n[nH]c(C2CCCCCN2)n1. The van der Waals surface area contributed by atoms with E-state index in [0.29, 0.717) is 12.0 Å². The monoisotopic (exact) mass is 208 g/mol. The molecule has 0 aliphatic carbocycles. The van der Waals surface area contributed by atoms with Crippen molar-refractivity contribution in [2.45, 2.75) is 51.5 Å². The van der Waals surface area contributed by atoms with Crippen LogP contribution >= 0.6 is 0 Å². The van der Waals surface area contributed by atoms with Gasteiger partial charge in [-0.3, -0.25) is 5.10 Å². The second-order valence-corrected chi connectivity index (χ2v) is 4.59. The molecule has 4 nitrogen and oxygen atoms in total. The predicted molar refractivity (Wildman–Crippen MR) is 59.7 cm³/mol. The van der Waals surface area contributed by atoms with Gasteiger partial charge in [0.05, 0.1) is 6.04 Å². The van der Waals surface area contributed by atoms with Gasteiger partial charge in [0.2, 0.25) is 0 Å². The molecule has 2 rings (SSSR count). The van der Waals surface area contributed by atoms with Gasteiger partial charge in [0, 0.05) is 5.92 Å². The van der Waals surface area contributed by atoms with E-state index in [0.717, 1.165) is 18.2 Å². The maximum atomic E-state index is 4.55. The average molecular weight is 208 g/mol. The van der Waals surface area contributed by atoms with Crippen molar-refractivity contribution in [1.82, 2.24) is 20.5 Å². The van der Waals surface area contributed by atoms with Gasteiger partial charge < -0.3 is 5.32 Å². The normalized spacial score (nSPS) is 23.0. The third-order valence-electron chi connectivity index (χ3n) is 2.93. The summed E-state index contributed by atoms with van der Waals surface area (Å²) in [6, 6.07) is 0.382. The summed E-state index contributed by atoms with van der Waals surface area (Å²) in [5.74, 6) is 2.34. The number of nitrogens with one attached hydrogen (secondary N) is 2. The standard InChI is InChI=1S/C11H20N4/c1-8(2)10-13-11(15-14-10)9-6-4-3-5-7-12-9/h8-9,12H,3-7H2,1-2H3,(H,13,14,15). The molecule has 84 valence electrons. The van der Waals surface area contributed by atoms with Gasteiger partial charge in [-0.05, 0) is 19.4 Å². The fourth-order valence-electron chi connectivity index (χ4n) is 1.96. The molecule has 15 heavy (non-hydrogen) atoms. The summed E-state index contributed by atoms with van der Waals surface area (Å²) in [7, 11) is 0. The number of nitrogens with zero attached hydrogens (tertiary/aromatic N) is 2. The fourth-order valence-corrected chi connectivity index (χ4v) is 1.96. The Morgan fingerprint density at radius 2 is 2.13 bits per heavy atom. The average Bonchev–Trinajstić information content (AvgIpc) is 2.55. The minimum Gasteiger partial charge on any atom is -0.307 e. The van der Waals surface area contributed by atoms with Gasteiger partial charge in [0.25, 0.3) is 0 Å². The summed E-state index contributed by atoms with van der Waals surface area (Å²) in [6.07, 6.45) is 5.07. The smallest absolute Gasteiger partial charge is 0.153 e. The molecule has 2 heterocycles.